The minimum absolute atomic E-state index is 0.104. The zero-order chi connectivity index (χ0) is 22.1. The van der Waals surface area contributed by atoms with Crippen molar-refractivity contribution in [3.8, 4) is 17.2 Å². The molecule has 3 N–H and O–H groups in total. The molecule has 3 rings (SSSR count). The summed E-state index contributed by atoms with van der Waals surface area (Å²) < 4.78 is 16.3. The Kier molecular flexibility index (Phi) is 5.78. The summed E-state index contributed by atoms with van der Waals surface area (Å²) in [6.07, 6.45) is -0.239. The summed E-state index contributed by atoms with van der Waals surface area (Å²) in [4.78, 5) is 26.3. The fourth-order valence-corrected chi connectivity index (χ4v) is 2.96. The first-order valence-corrected chi connectivity index (χ1v) is 9.53. The van der Waals surface area contributed by atoms with Gasteiger partial charge in [0.1, 0.15) is 29.0 Å². The second-order valence-electron chi connectivity index (χ2n) is 8.09. The van der Waals surface area contributed by atoms with Crippen LogP contribution in [0.15, 0.2) is 36.4 Å². The average molecular weight is 414 g/mol. The molecule has 1 amide bonds. The number of rotatable bonds is 5. The number of nitrogens with two attached hydrogens (primary N) is 1. The van der Waals surface area contributed by atoms with Crippen molar-refractivity contribution in [2.24, 2.45) is 0 Å². The predicted molar refractivity (Wildman–Crippen MR) is 111 cm³/mol. The van der Waals surface area contributed by atoms with Crippen molar-refractivity contribution in [3.05, 3.63) is 47.5 Å². The lowest BCUT2D eigenvalue weighted by molar-refractivity contribution is 0.00682. The van der Waals surface area contributed by atoms with Gasteiger partial charge in [-0.15, -0.1) is 0 Å². The molecule has 30 heavy (non-hydrogen) atoms. The van der Waals surface area contributed by atoms with Crippen molar-refractivity contribution >= 4 is 17.6 Å². The Hall–Kier alpha value is -3.42. The first-order chi connectivity index (χ1) is 14.1. The first-order valence-electron chi connectivity index (χ1n) is 9.53. The Morgan fingerprint density at radius 1 is 1.13 bits per heavy atom. The molecule has 0 aromatic heterocycles. The number of esters is 1. The number of amides is 1. The van der Waals surface area contributed by atoms with Crippen LogP contribution >= 0.6 is 0 Å². The predicted octanol–water partition coefficient (Wildman–Crippen LogP) is 2.84. The van der Waals surface area contributed by atoms with E-state index in [0.717, 1.165) is 0 Å². The summed E-state index contributed by atoms with van der Waals surface area (Å²) >= 11 is 0. The molecule has 1 saturated heterocycles. The lowest BCUT2D eigenvalue weighted by Crippen LogP contribution is -2.56. The van der Waals surface area contributed by atoms with Crippen LogP contribution in [0.2, 0.25) is 0 Å². The van der Waals surface area contributed by atoms with E-state index in [2.05, 4.69) is 0 Å². The second-order valence-corrected chi connectivity index (χ2v) is 8.09. The van der Waals surface area contributed by atoms with Gasteiger partial charge in [0.05, 0.1) is 37.0 Å². The molecule has 0 unspecified atom stereocenters. The molecule has 0 spiro atoms. The van der Waals surface area contributed by atoms with E-state index in [1.807, 2.05) is 0 Å². The number of phenols is 1. The second kappa shape index (κ2) is 8.14. The van der Waals surface area contributed by atoms with E-state index >= 15 is 0 Å². The summed E-state index contributed by atoms with van der Waals surface area (Å²) in [6, 6.07) is 9.23. The van der Waals surface area contributed by atoms with Crippen molar-refractivity contribution < 1.29 is 28.9 Å². The highest BCUT2D eigenvalue weighted by Gasteiger charge is 2.34. The van der Waals surface area contributed by atoms with Gasteiger partial charge in [-0.3, -0.25) is 4.79 Å². The van der Waals surface area contributed by atoms with Crippen LogP contribution < -0.4 is 15.2 Å². The Balaban J connectivity index is 1.60. The van der Waals surface area contributed by atoms with Gasteiger partial charge in [0.2, 0.25) is 0 Å². The Morgan fingerprint density at radius 2 is 1.83 bits per heavy atom. The van der Waals surface area contributed by atoms with Crippen molar-refractivity contribution in [2.45, 2.75) is 32.5 Å². The lowest BCUT2D eigenvalue weighted by atomic mass is 10.1. The number of aromatic hydroxyl groups is 1. The SMILES string of the molecule is COc1ccc(O)c(C(=O)N2CC(Oc3ccc(C(=O)OC(C)(C)C)cc3N)C2)c1. The zero-order valence-electron chi connectivity index (χ0n) is 17.5. The Labute approximate surface area is 175 Å². The molecule has 0 aliphatic carbocycles. The van der Waals surface area contributed by atoms with Gasteiger partial charge in [-0.1, -0.05) is 0 Å². The maximum atomic E-state index is 12.6. The summed E-state index contributed by atoms with van der Waals surface area (Å²) in [6.45, 7) is 6.08. The highest BCUT2D eigenvalue weighted by molar-refractivity contribution is 5.97. The van der Waals surface area contributed by atoms with Gasteiger partial charge in [-0.05, 0) is 57.2 Å². The van der Waals surface area contributed by atoms with Crippen molar-refractivity contribution in [3.63, 3.8) is 0 Å². The van der Waals surface area contributed by atoms with Gasteiger partial charge >= 0.3 is 5.97 Å². The van der Waals surface area contributed by atoms with Crippen LogP contribution in [-0.4, -0.2) is 53.8 Å². The summed E-state index contributed by atoms with van der Waals surface area (Å²) in [7, 11) is 1.49. The van der Waals surface area contributed by atoms with Crippen LogP contribution in [-0.2, 0) is 4.74 Å². The Bertz CT molecular complexity index is 961. The number of phenolic OH excluding ortho intramolecular Hbond substituents is 1. The van der Waals surface area contributed by atoms with Crippen LogP contribution in [0.4, 0.5) is 5.69 Å². The number of ether oxygens (including phenoxy) is 3. The van der Waals surface area contributed by atoms with Crippen LogP contribution in [0.3, 0.4) is 0 Å². The van der Waals surface area contributed by atoms with Crippen LogP contribution in [0.1, 0.15) is 41.5 Å². The topological polar surface area (TPSA) is 111 Å². The molecular weight excluding hydrogens is 388 g/mol. The monoisotopic (exact) mass is 414 g/mol. The third-order valence-corrected chi connectivity index (χ3v) is 4.51. The van der Waals surface area contributed by atoms with Crippen molar-refractivity contribution in [2.75, 3.05) is 25.9 Å². The van der Waals surface area contributed by atoms with Gasteiger partial charge in [0.15, 0.2) is 0 Å². The molecule has 8 heteroatoms. The highest BCUT2D eigenvalue weighted by Crippen LogP contribution is 2.29. The normalized spacial score (nSPS) is 14.1. The van der Waals surface area contributed by atoms with E-state index in [-0.39, 0.29) is 23.3 Å². The Morgan fingerprint density at radius 3 is 2.43 bits per heavy atom. The number of nitrogens with zero attached hydrogens (tertiary/aromatic N) is 1. The quantitative estimate of drug-likeness (QED) is 0.572. The lowest BCUT2D eigenvalue weighted by Gasteiger charge is -2.39. The number of carbonyl (C=O) groups excluding carboxylic acids is 2. The summed E-state index contributed by atoms with van der Waals surface area (Å²) in [5.41, 5.74) is 6.26. The van der Waals surface area contributed by atoms with Crippen molar-refractivity contribution in [1.82, 2.24) is 4.90 Å². The third-order valence-electron chi connectivity index (χ3n) is 4.51. The van der Waals surface area contributed by atoms with E-state index in [1.54, 1.807) is 43.9 Å². The van der Waals surface area contributed by atoms with Crippen molar-refractivity contribution in [1.29, 1.82) is 0 Å². The third kappa shape index (κ3) is 4.76. The number of hydrogen-bond acceptors (Lipinski definition) is 7. The molecule has 1 heterocycles. The van der Waals surface area contributed by atoms with Gasteiger partial charge < -0.3 is 30.0 Å². The number of carbonyl (C=O) groups is 2. The van der Waals surface area contributed by atoms with E-state index < -0.39 is 11.6 Å². The average Bonchev–Trinajstić information content (AvgIpc) is 2.63. The van der Waals surface area contributed by atoms with E-state index in [0.29, 0.717) is 35.8 Å². The zero-order valence-corrected chi connectivity index (χ0v) is 17.5. The molecule has 8 nitrogen and oxygen atoms in total. The van der Waals surface area contributed by atoms with Gasteiger partial charge in [-0.2, -0.15) is 0 Å². The largest absolute Gasteiger partial charge is 0.507 e. The molecule has 160 valence electrons. The smallest absolute Gasteiger partial charge is 0.338 e. The molecule has 0 atom stereocenters. The molecule has 0 radical (unpaired) electrons. The summed E-state index contributed by atoms with van der Waals surface area (Å²) in [5.74, 6) is 0.0527. The molecule has 1 aliphatic rings. The molecule has 1 fully saturated rings. The number of benzene rings is 2. The highest BCUT2D eigenvalue weighted by atomic mass is 16.6. The maximum Gasteiger partial charge on any atom is 0.338 e. The van der Waals surface area contributed by atoms with E-state index in [4.69, 9.17) is 19.9 Å². The fourth-order valence-electron chi connectivity index (χ4n) is 2.96. The fraction of sp³-hybridized carbons (Fsp3) is 0.364. The molecule has 0 bridgehead atoms. The number of nitrogen functional groups attached to an aromatic ring is 1. The van der Waals surface area contributed by atoms with Gasteiger partial charge in [0, 0.05) is 0 Å². The number of methoxy groups -OCH3 is 1. The molecule has 2 aromatic carbocycles. The number of hydrogen-bond donors (Lipinski definition) is 2. The minimum atomic E-state index is -0.597. The van der Waals surface area contributed by atoms with Gasteiger partial charge in [-0.25, -0.2) is 4.79 Å². The number of likely N-dealkylation sites (tertiary alicyclic amines) is 1. The minimum Gasteiger partial charge on any atom is -0.507 e. The van der Waals surface area contributed by atoms with Crippen LogP contribution in [0.25, 0.3) is 0 Å². The first kappa shape index (κ1) is 21.3. The molecular formula is C22H26N2O6. The maximum absolute atomic E-state index is 12.6. The van der Waals surface area contributed by atoms with E-state index in [9.17, 15) is 14.7 Å². The summed E-state index contributed by atoms with van der Waals surface area (Å²) in [5, 5.41) is 9.96. The molecule has 0 saturated carbocycles. The standard InChI is InChI=1S/C22H26N2O6/c1-22(2,3)30-21(27)13-5-8-19(17(23)9-13)29-15-11-24(12-15)20(26)16-10-14(28-4)6-7-18(16)25/h5-10,15,25H,11-12,23H2,1-4H3. The van der Waals surface area contributed by atoms with Crippen LogP contribution in [0.5, 0.6) is 17.2 Å². The van der Waals surface area contributed by atoms with E-state index in [1.165, 1.54) is 25.3 Å². The number of anilines is 1. The molecule has 1 aliphatic heterocycles. The van der Waals surface area contributed by atoms with Gasteiger partial charge in [0.25, 0.3) is 5.91 Å². The van der Waals surface area contributed by atoms with Crippen LogP contribution in [0, 0.1) is 0 Å². The molecule has 2 aromatic rings.